The lowest BCUT2D eigenvalue weighted by Crippen LogP contribution is -2.28. The molecule has 0 fully saturated rings. The minimum atomic E-state index is -0.370. The molecule has 0 spiro atoms. The average Bonchev–Trinajstić information content (AvgIpc) is 1.36. The van der Waals surface area contributed by atoms with E-state index in [0.29, 0.717) is 0 Å². The predicted molar refractivity (Wildman–Crippen MR) is 25.3 cm³/mol. The van der Waals surface area contributed by atoms with Gasteiger partial charge in [-0.3, -0.25) is 0 Å². The highest BCUT2D eigenvalue weighted by Crippen LogP contribution is 1.81. The molecule has 0 bridgehead atoms. The van der Waals surface area contributed by atoms with Crippen molar-refractivity contribution >= 4 is 0 Å². The molecule has 0 rings (SSSR count). The van der Waals surface area contributed by atoms with Gasteiger partial charge in [0, 0.05) is 6.04 Å². The molecule has 0 amide bonds. The van der Waals surface area contributed by atoms with Gasteiger partial charge in [-0.15, -0.1) is 0 Å². The van der Waals surface area contributed by atoms with Gasteiger partial charge in [-0.2, -0.15) is 0 Å². The van der Waals surface area contributed by atoms with Crippen molar-refractivity contribution in [3.8, 4) is 0 Å². The van der Waals surface area contributed by atoms with Crippen molar-refractivity contribution in [3.63, 3.8) is 0 Å². The number of hydrogen-bond acceptors (Lipinski definition) is 2. The zero-order valence-corrected chi connectivity index (χ0v) is 4.18. The number of hydrogen-bond donors (Lipinski definition) is 2. The van der Waals surface area contributed by atoms with Gasteiger partial charge >= 0.3 is 0 Å². The van der Waals surface area contributed by atoms with Gasteiger partial charge in [0.1, 0.15) is 0 Å². The zero-order chi connectivity index (χ0) is 5.15. The fourth-order valence-corrected chi connectivity index (χ4v) is 0. The van der Waals surface area contributed by atoms with E-state index in [2.05, 4.69) is 0 Å². The fraction of sp³-hybridized carbons (Fsp3) is 1.00. The van der Waals surface area contributed by atoms with E-state index >= 15 is 0 Å². The third-order valence-corrected chi connectivity index (χ3v) is 0.761. The van der Waals surface area contributed by atoms with Crippen molar-refractivity contribution in [2.45, 2.75) is 26.0 Å². The van der Waals surface area contributed by atoms with E-state index in [9.17, 15) is 0 Å². The first kappa shape index (κ1) is 5.92. The molecule has 0 aromatic carbocycles. The molecule has 2 heteroatoms. The molecule has 0 aromatic heterocycles. The third-order valence-electron chi connectivity index (χ3n) is 0.761. The maximum absolute atomic E-state index is 8.50. The van der Waals surface area contributed by atoms with Gasteiger partial charge in [-0.1, -0.05) is 0 Å². The van der Waals surface area contributed by atoms with Crippen LogP contribution in [0.15, 0.2) is 0 Å². The minimum Gasteiger partial charge on any atom is -0.392 e. The number of aliphatic hydroxyl groups is 1. The Morgan fingerprint density at radius 3 is 1.67 bits per heavy atom. The van der Waals surface area contributed by atoms with Crippen LogP contribution in [-0.4, -0.2) is 17.3 Å². The SMILES string of the molecule is C[C@@H](N)[C@@H](C)O. The lowest BCUT2D eigenvalue weighted by atomic mass is 10.2. The van der Waals surface area contributed by atoms with Crippen molar-refractivity contribution in [1.29, 1.82) is 0 Å². The van der Waals surface area contributed by atoms with Crippen molar-refractivity contribution < 1.29 is 5.11 Å². The third kappa shape index (κ3) is 2.18. The molecule has 0 aromatic rings. The van der Waals surface area contributed by atoms with Gasteiger partial charge in [0.15, 0.2) is 0 Å². The Morgan fingerprint density at radius 1 is 1.50 bits per heavy atom. The molecule has 0 radical (unpaired) electrons. The Balaban J connectivity index is 2.99. The van der Waals surface area contributed by atoms with E-state index in [-0.39, 0.29) is 12.1 Å². The highest BCUT2D eigenvalue weighted by atomic mass is 16.3. The van der Waals surface area contributed by atoms with Gasteiger partial charge < -0.3 is 10.8 Å². The molecule has 0 aliphatic rings. The molecule has 0 aliphatic heterocycles. The second-order valence-electron chi connectivity index (χ2n) is 1.60. The second kappa shape index (κ2) is 2.16. The molecule has 3 N–H and O–H groups in total. The first-order chi connectivity index (χ1) is 2.64. The van der Waals surface area contributed by atoms with E-state index in [0.717, 1.165) is 0 Å². The van der Waals surface area contributed by atoms with Crippen LogP contribution in [0.2, 0.25) is 0 Å². The molecule has 0 heterocycles. The van der Waals surface area contributed by atoms with E-state index in [1.165, 1.54) is 0 Å². The van der Waals surface area contributed by atoms with Crippen molar-refractivity contribution in [3.05, 3.63) is 0 Å². The summed E-state index contributed by atoms with van der Waals surface area (Å²) < 4.78 is 0. The minimum absolute atomic E-state index is 0.0926. The molecule has 0 aliphatic carbocycles. The van der Waals surface area contributed by atoms with Crippen LogP contribution in [-0.2, 0) is 0 Å². The van der Waals surface area contributed by atoms with Crippen LogP contribution in [0.5, 0.6) is 0 Å². The molecule has 0 saturated heterocycles. The molecular formula is C4H11NO. The molecule has 2 atom stereocenters. The number of aliphatic hydroxyl groups excluding tert-OH is 1. The summed E-state index contributed by atoms with van der Waals surface area (Å²) in [6, 6.07) is -0.0926. The van der Waals surface area contributed by atoms with Crippen LogP contribution in [0.3, 0.4) is 0 Å². The average molecular weight is 89.1 g/mol. The highest BCUT2D eigenvalue weighted by Gasteiger charge is 1.97. The van der Waals surface area contributed by atoms with Crippen LogP contribution in [0.4, 0.5) is 0 Å². The van der Waals surface area contributed by atoms with E-state index in [1.807, 2.05) is 0 Å². The van der Waals surface area contributed by atoms with Crippen molar-refractivity contribution in [2.75, 3.05) is 0 Å². The summed E-state index contributed by atoms with van der Waals surface area (Å²) in [7, 11) is 0. The van der Waals surface area contributed by atoms with Crippen LogP contribution in [0.1, 0.15) is 13.8 Å². The van der Waals surface area contributed by atoms with E-state index < -0.39 is 0 Å². The van der Waals surface area contributed by atoms with Crippen molar-refractivity contribution in [2.24, 2.45) is 5.73 Å². The Hall–Kier alpha value is -0.0800. The summed E-state index contributed by atoms with van der Waals surface area (Å²) >= 11 is 0. The predicted octanol–water partition coefficient (Wildman–Crippen LogP) is -0.286. The highest BCUT2D eigenvalue weighted by molar-refractivity contribution is 4.57. The van der Waals surface area contributed by atoms with Crippen molar-refractivity contribution in [1.82, 2.24) is 0 Å². The molecular weight excluding hydrogens is 78.0 g/mol. The molecule has 38 valence electrons. The van der Waals surface area contributed by atoms with Gasteiger partial charge in [-0.25, -0.2) is 0 Å². The van der Waals surface area contributed by atoms with Gasteiger partial charge in [-0.05, 0) is 13.8 Å². The topological polar surface area (TPSA) is 46.2 Å². The summed E-state index contributed by atoms with van der Waals surface area (Å²) in [5, 5.41) is 8.50. The Labute approximate surface area is 38.0 Å². The van der Waals surface area contributed by atoms with Gasteiger partial charge in [0.05, 0.1) is 6.10 Å². The summed E-state index contributed by atoms with van der Waals surface area (Å²) in [5.41, 5.74) is 5.19. The largest absolute Gasteiger partial charge is 0.392 e. The first-order valence-corrected chi connectivity index (χ1v) is 2.08. The van der Waals surface area contributed by atoms with Crippen LogP contribution in [0, 0.1) is 0 Å². The maximum Gasteiger partial charge on any atom is 0.0660 e. The smallest absolute Gasteiger partial charge is 0.0660 e. The Kier molecular flexibility index (Phi) is 2.13. The van der Waals surface area contributed by atoms with Crippen LogP contribution >= 0.6 is 0 Å². The molecule has 0 unspecified atom stereocenters. The monoisotopic (exact) mass is 89.1 g/mol. The molecule has 2 nitrogen and oxygen atoms in total. The summed E-state index contributed by atoms with van der Waals surface area (Å²) in [4.78, 5) is 0. The summed E-state index contributed by atoms with van der Waals surface area (Å²) in [6.45, 7) is 3.44. The fourth-order valence-electron chi connectivity index (χ4n) is 0. The van der Waals surface area contributed by atoms with Gasteiger partial charge in [0.2, 0.25) is 0 Å². The Bertz CT molecular complexity index is 28.5. The first-order valence-electron chi connectivity index (χ1n) is 2.08. The van der Waals surface area contributed by atoms with E-state index in [4.69, 9.17) is 10.8 Å². The molecule has 0 saturated carbocycles. The second-order valence-corrected chi connectivity index (χ2v) is 1.60. The number of nitrogens with two attached hydrogens (primary N) is 1. The summed E-state index contributed by atoms with van der Waals surface area (Å²) in [5.74, 6) is 0. The summed E-state index contributed by atoms with van der Waals surface area (Å²) in [6.07, 6.45) is -0.370. The quantitative estimate of drug-likeness (QED) is 0.464. The van der Waals surface area contributed by atoms with Crippen LogP contribution < -0.4 is 5.73 Å². The standard InChI is InChI=1S/C4H11NO/c1-3(5)4(2)6/h3-4,6H,5H2,1-2H3/t3-,4-/m1/s1. The van der Waals surface area contributed by atoms with Crippen LogP contribution in [0.25, 0.3) is 0 Å². The normalized spacial score (nSPS) is 20.0. The lowest BCUT2D eigenvalue weighted by molar-refractivity contribution is 0.170. The maximum atomic E-state index is 8.50. The van der Waals surface area contributed by atoms with Gasteiger partial charge in [0.25, 0.3) is 0 Å². The molecule has 6 heavy (non-hydrogen) atoms. The zero-order valence-electron chi connectivity index (χ0n) is 4.18. The Morgan fingerprint density at radius 2 is 1.67 bits per heavy atom. The lowest BCUT2D eigenvalue weighted by Gasteiger charge is -2.04. The van der Waals surface area contributed by atoms with E-state index in [1.54, 1.807) is 13.8 Å². The number of rotatable bonds is 1.